The molecule has 0 bridgehead atoms. The third kappa shape index (κ3) is 3.93. The van der Waals surface area contributed by atoms with Crippen LogP contribution in [0.15, 0.2) is 36.7 Å². The van der Waals surface area contributed by atoms with E-state index in [2.05, 4.69) is 9.55 Å². The standard InChI is InChI=1S/C15H18N4O.2ClH/c16-13-4-2-1-3-12(13)5-6-15(20)19-10-9-18-8-7-17-14(18)11-19;;/h1-4,7-8H,5-6,9-11,16H2;2*1H. The molecular weight excluding hydrogens is 323 g/mol. The summed E-state index contributed by atoms with van der Waals surface area (Å²) in [5.74, 6) is 1.13. The number of aryl methyl sites for hydroxylation is 1. The molecule has 0 saturated heterocycles. The number of carbonyl (C=O) groups excluding carboxylic acids is 1. The molecule has 120 valence electrons. The Kier molecular flexibility index (Phi) is 6.71. The van der Waals surface area contributed by atoms with Crippen LogP contribution in [0.3, 0.4) is 0 Å². The molecule has 1 amide bonds. The van der Waals surface area contributed by atoms with Crippen LogP contribution in [0.4, 0.5) is 5.69 Å². The van der Waals surface area contributed by atoms with Crippen molar-refractivity contribution in [2.45, 2.75) is 25.9 Å². The molecule has 2 N–H and O–H groups in total. The first-order chi connectivity index (χ1) is 9.74. The number of imidazole rings is 1. The van der Waals surface area contributed by atoms with E-state index in [9.17, 15) is 4.79 Å². The zero-order valence-electron chi connectivity index (χ0n) is 12.1. The molecule has 0 atom stereocenters. The van der Waals surface area contributed by atoms with Crippen LogP contribution in [0, 0.1) is 0 Å². The summed E-state index contributed by atoms with van der Waals surface area (Å²) in [6.45, 7) is 2.19. The summed E-state index contributed by atoms with van der Waals surface area (Å²) >= 11 is 0. The van der Waals surface area contributed by atoms with Gasteiger partial charge in [0.05, 0.1) is 6.54 Å². The van der Waals surface area contributed by atoms with Gasteiger partial charge in [-0.2, -0.15) is 0 Å². The van der Waals surface area contributed by atoms with Crippen molar-refractivity contribution < 1.29 is 4.79 Å². The van der Waals surface area contributed by atoms with E-state index in [1.165, 1.54) is 0 Å². The Morgan fingerprint density at radius 3 is 2.77 bits per heavy atom. The number of fused-ring (bicyclic) bond motifs is 1. The van der Waals surface area contributed by atoms with Crippen molar-refractivity contribution in [3.63, 3.8) is 0 Å². The number of halogens is 2. The molecule has 1 aromatic heterocycles. The number of nitrogen functional groups attached to an aromatic ring is 1. The second-order valence-electron chi connectivity index (χ2n) is 5.05. The molecule has 0 unspecified atom stereocenters. The van der Waals surface area contributed by atoms with Crippen LogP contribution in [0.25, 0.3) is 0 Å². The highest BCUT2D eigenvalue weighted by Gasteiger charge is 2.20. The van der Waals surface area contributed by atoms with E-state index in [0.29, 0.717) is 19.4 Å². The molecule has 2 aromatic rings. The highest BCUT2D eigenvalue weighted by molar-refractivity contribution is 5.85. The number of nitrogens with zero attached hydrogens (tertiary/aromatic N) is 3. The predicted octanol–water partition coefficient (Wildman–Crippen LogP) is 2.28. The largest absolute Gasteiger partial charge is 0.399 e. The van der Waals surface area contributed by atoms with E-state index < -0.39 is 0 Å². The molecule has 0 aliphatic carbocycles. The normalized spacial score (nSPS) is 12.8. The fraction of sp³-hybridized carbons (Fsp3) is 0.333. The van der Waals surface area contributed by atoms with Gasteiger partial charge in [0.15, 0.2) is 0 Å². The lowest BCUT2D eigenvalue weighted by atomic mass is 10.1. The number of anilines is 1. The van der Waals surface area contributed by atoms with E-state index in [0.717, 1.165) is 30.2 Å². The second-order valence-corrected chi connectivity index (χ2v) is 5.05. The number of rotatable bonds is 3. The number of hydrogen-bond donors (Lipinski definition) is 1. The average Bonchev–Trinajstić information content (AvgIpc) is 2.93. The zero-order valence-corrected chi connectivity index (χ0v) is 13.8. The van der Waals surface area contributed by atoms with Gasteiger partial charge in [-0.3, -0.25) is 4.79 Å². The molecule has 1 aromatic carbocycles. The van der Waals surface area contributed by atoms with E-state index in [-0.39, 0.29) is 30.7 Å². The summed E-state index contributed by atoms with van der Waals surface area (Å²) in [4.78, 5) is 18.4. The van der Waals surface area contributed by atoms with Gasteiger partial charge in [0.2, 0.25) is 5.91 Å². The molecule has 2 heterocycles. The Bertz CT molecular complexity index is 630. The Morgan fingerprint density at radius 1 is 1.23 bits per heavy atom. The van der Waals surface area contributed by atoms with Gasteiger partial charge in [0.25, 0.3) is 0 Å². The maximum atomic E-state index is 12.3. The van der Waals surface area contributed by atoms with Crippen molar-refractivity contribution in [1.82, 2.24) is 14.5 Å². The van der Waals surface area contributed by atoms with Gasteiger partial charge in [0.1, 0.15) is 5.82 Å². The molecule has 1 aliphatic rings. The minimum absolute atomic E-state index is 0. The van der Waals surface area contributed by atoms with E-state index >= 15 is 0 Å². The maximum absolute atomic E-state index is 12.3. The smallest absolute Gasteiger partial charge is 0.223 e. The quantitative estimate of drug-likeness (QED) is 0.870. The second kappa shape index (κ2) is 8.06. The van der Waals surface area contributed by atoms with Crippen molar-refractivity contribution in [1.29, 1.82) is 0 Å². The van der Waals surface area contributed by atoms with Crippen molar-refractivity contribution >= 4 is 36.4 Å². The van der Waals surface area contributed by atoms with Crippen LogP contribution >= 0.6 is 24.8 Å². The molecule has 22 heavy (non-hydrogen) atoms. The Labute approximate surface area is 142 Å². The minimum atomic E-state index is 0. The van der Waals surface area contributed by atoms with Crippen molar-refractivity contribution in [2.75, 3.05) is 12.3 Å². The third-order valence-electron chi connectivity index (χ3n) is 3.76. The van der Waals surface area contributed by atoms with Gasteiger partial charge >= 0.3 is 0 Å². The molecule has 3 rings (SSSR count). The highest BCUT2D eigenvalue weighted by atomic mass is 35.5. The fourth-order valence-corrected chi connectivity index (χ4v) is 2.55. The molecule has 0 saturated carbocycles. The summed E-state index contributed by atoms with van der Waals surface area (Å²) < 4.78 is 2.10. The molecule has 0 spiro atoms. The number of nitrogens with two attached hydrogens (primary N) is 1. The number of para-hydroxylation sites is 1. The van der Waals surface area contributed by atoms with Crippen molar-refractivity contribution in [2.24, 2.45) is 0 Å². The Hall–Kier alpha value is -1.72. The molecule has 0 fully saturated rings. The lowest BCUT2D eigenvalue weighted by Gasteiger charge is -2.27. The van der Waals surface area contributed by atoms with Crippen molar-refractivity contribution in [3.05, 3.63) is 48.0 Å². The van der Waals surface area contributed by atoms with Gasteiger partial charge in [-0.1, -0.05) is 18.2 Å². The lowest BCUT2D eigenvalue weighted by molar-refractivity contribution is -0.132. The van der Waals surface area contributed by atoms with Gasteiger partial charge in [0, 0.05) is 37.6 Å². The maximum Gasteiger partial charge on any atom is 0.223 e. The van der Waals surface area contributed by atoms with E-state index in [4.69, 9.17) is 5.73 Å². The fourth-order valence-electron chi connectivity index (χ4n) is 2.55. The zero-order chi connectivity index (χ0) is 13.9. The Balaban J connectivity index is 0.00000121. The number of amides is 1. The molecule has 1 aliphatic heterocycles. The summed E-state index contributed by atoms with van der Waals surface area (Å²) in [6.07, 6.45) is 4.93. The average molecular weight is 343 g/mol. The van der Waals surface area contributed by atoms with Gasteiger partial charge < -0.3 is 15.2 Å². The van der Waals surface area contributed by atoms with Crippen LogP contribution in [0.2, 0.25) is 0 Å². The van der Waals surface area contributed by atoms with Crippen LogP contribution in [-0.2, 0) is 24.3 Å². The predicted molar refractivity (Wildman–Crippen MR) is 91.3 cm³/mol. The first kappa shape index (κ1) is 18.3. The summed E-state index contributed by atoms with van der Waals surface area (Å²) in [5, 5.41) is 0. The Morgan fingerprint density at radius 2 is 2.00 bits per heavy atom. The number of hydrogen-bond acceptors (Lipinski definition) is 3. The van der Waals surface area contributed by atoms with E-state index in [1.807, 2.05) is 35.4 Å². The van der Waals surface area contributed by atoms with Crippen LogP contribution in [-0.4, -0.2) is 26.9 Å². The first-order valence-electron chi connectivity index (χ1n) is 6.85. The van der Waals surface area contributed by atoms with Crippen LogP contribution < -0.4 is 5.73 Å². The van der Waals surface area contributed by atoms with Crippen LogP contribution in [0.1, 0.15) is 17.8 Å². The summed E-state index contributed by atoms with van der Waals surface area (Å²) in [6, 6.07) is 7.71. The number of carbonyl (C=O) groups is 1. The third-order valence-corrected chi connectivity index (χ3v) is 3.76. The monoisotopic (exact) mass is 342 g/mol. The van der Waals surface area contributed by atoms with Gasteiger partial charge in [-0.05, 0) is 18.1 Å². The molecular formula is C15H20Cl2N4O. The van der Waals surface area contributed by atoms with Gasteiger partial charge in [-0.15, -0.1) is 24.8 Å². The highest BCUT2D eigenvalue weighted by Crippen LogP contribution is 2.15. The van der Waals surface area contributed by atoms with E-state index in [1.54, 1.807) is 6.20 Å². The molecule has 0 radical (unpaired) electrons. The summed E-state index contributed by atoms with van der Waals surface area (Å²) in [7, 11) is 0. The van der Waals surface area contributed by atoms with Gasteiger partial charge in [-0.25, -0.2) is 4.98 Å². The minimum Gasteiger partial charge on any atom is -0.399 e. The lowest BCUT2D eigenvalue weighted by Crippen LogP contribution is -2.38. The molecule has 5 nitrogen and oxygen atoms in total. The number of aromatic nitrogens is 2. The topological polar surface area (TPSA) is 64.2 Å². The van der Waals surface area contributed by atoms with Crippen molar-refractivity contribution in [3.8, 4) is 0 Å². The first-order valence-corrected chi connectivity index (χ1v) is 6.85. The number of benzene rings is 1. The molecule has 7 heteroatoms. The summed E-state index contributed by atoms with van der Waals surface area (Å²) in [5.41, 5.74) is 7.70. The van der Waals surface area contributed by atoms with Crippen LogP contribution in [0.5, 0.6) is 0 Å². The SMILES string of the molecule is Cl.Cl.Nc1ccccc1CCC(=O)N1CCn2ccnc2C1.